The summed E-state index contributed by atoms with van der Waals surface area (Å²) in [6, 6.07) is 13.3. The van der Waals surface area contributed by atoms with Gasteiger partial charge in [-0.15, -0.1) is 0 Å². The van der Waals surface area contributed by atoms with Crippen molar-refractivity contribution in [3.8, 4) is 0 Å². The van der Waals surface area contributed by atoms with Gasteiger partial charge in [0.25, 0.3) is 5.91 Å². The predicted molar refractivity (Wildman–Crippen MR) is 228 cm³/mol. The number of hydrogen-bond acceptors (Lipinski definition) is 11. The zero-order valence-electron chi connectivity index (χ0n) is 34.3. The molecule has 4 saturated heterocycles. The molecule has 0 aliphatic carbocycles. The second-order valence-corrected chi connectivity index (χ2v) is 17.0. The fourth-order valence-corrected chi connectivity index (χ4v) is 9.80. The average Bonchev–Trinajstić information content (AvgIpc) is 3.59. The highest BCUT2D eigenvalue weighted by Gasteiger charge is 2.39. The van der Waals surface area contributed by atoms with Crippen LogP contribution in [0.25, 0.3) is 15.7 Å². The summed E-state index contributed by atoms with van der Waals surface area (Å²) < 4.78 is 0. The largest absolute Gasteiger partial charge is 0.369 e. The van der Waals surface area contributed by atoms with Crippen LogP contribution in [-0.2, 0) is 27.3 Å². The molecule has 15 nitrogen and oxygen atoms in total. The van der Waals surface area contributed by atoms with Crippen LogP contribution in [-0.4, -0.2) is 130 Å². The molecule has 9 rings (SSSR count). The first kappa shape index (κ1) is 39.3. The van der Waals surface area contributed by atoms with Crippen LogP contribution in [0.2, 0.25) is 0 Å². The van der Waals surface area contributed by atoms with Gasteiger partial charge in [0.1, 0.15) is 6.04 Å². The number of nitrogens with zero attached hydrogens (tertiary/aromatic N) is 10. The van der Waals surface area contributed by atoms with Crippen LogP contribution in [0.4, 0.5) is 23.0 Å². The first-order valence-corrected chi connectivity index (χ1v) is 21.3. The number of carbonyl (C=O) groups is 4. The van der Waals surface area contributed by atoms with E-state index < -0.39 is 6.04 Å². The molecule has 7 heterocycles. The van der Waals surface area contributed by atoms with Gasteiger partial charge in [0, 0.05) is 125 Å². The standard InChI is InChI=1S/C45H51N11O4/c1-29-26-55(30(2)25-54(29)38-9-8-37(46-3)42-36(38)5-4-14-47-42)41(58)21-32-23-48-45(49-24-32)53-15-12-31(13-16-53)27-51-17-19-52(20-18-51)34-6-7-35-33(22-34)28-56(44(35)60)39-10-11-40(57)50-43(39)59/h4-9,14,22-24,29-31,39H,10-13,15-21,25-28H2,1-2H3,(H,50,57,59)/t29-,30+,39-/m0/s1. The molecule has 1 N–H and O–H groups in total. The molecule has 0 spiro atoms. The number of piperidine rings is 2. The number of piperazine rings is 2. The van der Waals surface area contributed by atoms with Crippen LogP contribution < -0.4 is 20.0 Å². The summed E-state index contributed by atoms with van der Waals surface area (Å²) in [6.07, 6.45) is 8.36. The maximum Gasteiger partial charge on any atom is 0.255 e. The quantitative estimate of drug-likeness (QED) is 0.204. The van der Waals surface area contributed by atoms with Gasteiger partial charge in [0.15, 0.2) is 0 Å². The van der Waals surface area contributed by atoms with Crippen molar-refractivity contribution in [1.82, 2.24) is 35.0 Å². The Morgan fingerprint density at radius 1 is 0.867 bits per heavy atom. The molecular formula is C45H51N11O4. The lowest BCUT2D eigenvalue weighted by atomic mass is 9.96. The molecule has 4 fully saturated rings. The number of amides is 4. The topological polar surface area (TPSA) is 143 Å². The van der Waals surface area contributed by atoms with E-state index in [0.717, 1.165) is 92.5 Å². The molecule has 5 aliphatic heterocycles. The van der Waals surface area contributed by atoms with Gasteiger partial charge in [-0.2, -0.15) is 0 Å². The zero-order valence-corrected chi connectivity index (χ0v) is 34.3. The maximum atomic E-state index is 13.6. The van der Waals surface area contributed by atoms with Crippen molar-refractivity contribution in [2.75, 3.05) is 73.6 Å². The minimum Gasteiger partial charge on any atom is -0.369 e. The average molecular weight is 810 g/mol. The van der Waals surface area contributed by atoms with E-state index in [1.54, 1.807) is 11.1 Å². The van der Waals surface area contributed by atoms with Crippen molar-refractivity contribution in [2.24, 2.45) is 5.92 Å². The summed E-state index contributed by atoms with van der Waals surface area (Å²) in [7, 11) is 0. The highest BCUT2D eigenvalue weighted by Crippen LogP contribution is 2.36. The Balaban J connectivity index is 0.722. The van der Waals surface area contributed by atoms with Gasteiger partial charge in [-0.1, -0.05) is 12.1 Å². The van der Waals surface area contributed by atoms with Crippen LogP contribution in [0.1, 0.15) is 61.0 Å². The first-order valence-electron chi connectivity index (χ1n) is 21.3. The van der Waals surface area contributed by atoms with Gasteiger partial charge in [-0.05, 0) is 80.5 Å². The van der Waals surface area contributed by atoms with Crippen LogP contribution in [0.3, 0.4) is 0 Å². The third kappa shape index (κ3) is 7.72. The summed E-state index contributed by atoms with van der Waals surface area (Å²) in [5.74, 6) is 0.591. The number of aromatic nitrogens is 3. The van der Waals surface area contributed by atoms with Gasteiger partial charge in [0.05, 0.1) is 18.5 Å². The monoisotopic (exact) mass is 809 g/mol. The van der Waals surface area contributed by atoms with Gasteiger partial charge in [-0.25, -0.2) is 14.8 Å². The third-order valence-corrected chi connectivity index (χ3v) is 13.2. The molecule has 3 atom stereocenters. The highest BCUT2D eigenvalue weighted by molar-refractivity contribution is 6.05. The Labute approximate surface area is 350 Å². The number of pyridine rings is 1. The van der Waals surface area contributed by atoms with E-state index >= 15 is 0 Å². The Kier molecular flexibility index (Phi) is 10.8. The summed E-state index contributed by atoms with van der Waals surface area (Å²) in [5.41, 5.74) is 5.79. The highest BCUT2D eigenvalue weighted by atomic mass is 16.2. The molecule has 0 saturated carbocycles. The molecule has 0 unspecified atom stereocenters. The first-order chi connectivity index (χ1) is 29.1. The van der Waals surface area contributed by atoms with E-state index in [-0.39, 0.29) is 48.6 Å². The van der Waals surface area contributed by atoms with E-state index in [4.69, 9.17) is 16.5 Å². The maximum absolute atomic E-state index is 13.6. The van der Waals surface area contributed by atoms with E-state index in [1.807, 2.05) is 53.7 Å². The molecule has 60 heavy (non-hydrogen) atoms. The zero-order chi connectivity index (χ0) is 41.5. The number of carbonyl (C=O) groups excluding carboxylic acids is 4. The summed E-state index contributed by atoms with van der Waals surface area (Å²) >= 11 is 0. The lowest BCUT2D eigenvalue weighted by Crippen LogP contribution is -2.58. The molecule has 0 bridgehead atoms. The van der Waals surface area contributed by atoms with E-state index in [1.165, 1.54) is 0 Å². The van der Waals surface area contributed by atoms with Crippen molar-refractivity contribution in [3.63, 3.8) is 0 Å². The van der Waals surface area contributed by atoms with Gasteiger partial charge < -0.3 is 24.5 Å². The second kappa shape index (κ2) is 16.5. The van der Waals surface area contributed by atoms with Crippen LogP contribution >= 0.6 is 0 Å². The summed E-state index contributed by atoms with van der Waals surface area (Å²) in [4.78, 5) is 81.6. The molecule has 0 radical (unpaired) electrons. The number of anilines is 3. The molecule has 2 aromatic heterocycles. The van der Waals surface area contributed by atoms with Crippen molar-refractivity contribution in [3.05, 3.63) is 89.2 Å². The number of benzene rings is 2. The van der Waals surface area contributed by atoms with Crippen LogP contribution in [0.5, 0.6) is 0 Å². The lowest BCUT2D eigenvalue weighted by Gasteiger charge is -2.45. The number of imide groups is 1. The van der Waals surface area contributed by atoms with Crippen LogP contribution in [0, 0.1) is 12.5 Å². The Bertz CT molecular complexity index is 2350. The number of hydrogen-bond donors (Lipinski definition) is 1. The number of nitrogens with one attached hydrogen (secondary N) is 1. The lowest BCUT2D eigenvalue weighted by molar-refractivity contribution is -0.137. The number of rotatable bonds is 8. The Morgan fingerprint density at radius 2 is 1.65 bits per heavy atom. The molecule has 4 aromatic rings. The fraction of sp³-hybridized carbons (Fsp3) is 0.467. The van der Waals surface area contributed by atoms with E-state index in [2.05, 4.69) is 54.7 Å². The summed E-state index contributed by atoms with van der Waals surface area (Å²) in [6.45, 7) is 20.1. The van der Waals surface area contributed by atoms with Crippen molar-refractivity contribution >= 4 is 57.5 Å². The van der Waals surface area contributed by atoms with Crippen molar-refractivity contribution in [2.45, 2.75) is 70.6 Å². The third-order valence-electron chi connectivity index (χ3n) is 13.2. The fourth-order valence-electron chi connectivity index (χ4n) is 9.80. The minimum atomic E-state index is -0.603. The SMILES string of the molecule is [C-]#[N+]c1ccc(N2C[C@@H](C)N(C(=O)Cc3cnc(N4CCC(CN5CCN(c6ccc7c(c6)CN([C@H]6CCC(=O)NC6=O)C7=O)CC5)CC4)nc3)C[C@@H]2C)c2cccnc12. The van der Waals surface area contributed by atoms with Crippen molar-refractivity contribution < 1.29 is 19.2 Å². The predicted octanol–water partition coefficient (Wildman–Crippen LogP) is 4.04. The Morgan fingerprint density at radius 3 is 2.40 bits per heavy atom. The molecule has 15 heteroatoms. The second-order valence-electron chi connectivity index (χ2n) is 17.0. The molecule has 5 aliphatic rings. The molecule has 2 aromatic carbocycles. The van der Waals surface area contributed by atoms with Gasteiger partial charge in [0.2, 0.25) is 29.4 Å². The molecule has 4 amide bonds. The Hall–Kier alpha value is -6.14. The number of fused-ring (bicyclic) bond motifs is 2. The van der Waals surface area contributed by atoms with Gasteiger partial charge >= 0.3 is 0 Å². The van der Waals surface area contributed by atoms with Crippen molar-refractivity contribution in [1.29, 1.82) is 0 Å². The molecule has 310 valence electrons. The molecular weight excluding hydrogens is 759 g/mol. The smallest absolute Gasteiger partial charge is 0.255 e. The van der Waals surface area contributed by atoms with Crippen LogP contribution in [0.15, 0.2) is 61.1 Å². The van der Waals surface area contributed by atoms with E-state index in [9.17, 15) is 19.2 Å². The minimum absolute atomic E-state index is 0.00531. The normalized spacial score (nSPS) is 22.9. The summed E-state index contributed by atoms with van der Waals surface area (Å²) in [5, 5.41) is 3.33. The van der Waals surface area contributed by atoms with Gasteiger partial charge in [-0.3, -0.25) is 34.4 Å². The van der Waals surface area contributed by atoms with E-state index in [0.29, 0.717) is 48.7 Å².